The van der Waals surface area contributed by atoms with Gasteiger partial charge < -0.3 is 9.88 Å². The predicted molar refractivity (Wildman–Crippen MR) is 107 cm³/mol. The average molecular weight is 376 g/mol. The number of carbonyl (C=O) groups is 1. The van der Waals surface area contributed by atoms with Crippen LogP contribution in [-0.2, 0) is 19.5 Å². The third kappa shape index (κ3) is 3.60. The molecule has 1 aliphatic rings. The largest absolute Gasteiger partial charge is 0.348 e. The molecule has 4 nitrogen and oxygen atoms in total. The van der Waals surface area contributed by atoms with Crippen LogP contribution in [0.15, 0.2) is 65.5 Å². The summed E-state index contributed by atoms with van der Waals surface area (Å²) in [4.78, 5) is 25.8. The van der Waals surface area contributed by atoms with E-state index in [9.17, 15) is 14.0 Å². The van der Waals surface area contributed by atoms with Crippen LogP contribution in [0.25, 0.3) is 11.1 Å². The molecule has 2 heterocycles. The quantitative estimate of drug-likeness (QED) is 0.750. The number of nitrogens with one attached hydrogen (secondary N) is 1. The molecule has 5 heteroatoms. The Morgan fingerprint density at radius 1 is 1.04 bits per heavy atom. The molecule has 142 valence electrons. The number of pyridine rings is 1. The first-order valence-corrected chi connectivity index (χ1v) is 9.48. The molecular weight excluding hydrogens is 355 g/mol. The number of amides is 1. The zero-order chi connectivity index (χ0) is 19.5. The average Bonchev–Trinajstić information content (AvgIpc) is 2.74. The van der Waals surface area contributed by atoms with Crippen LogP contribution in [0.4, 0.5) is 4.39 Å². The molecule has 4 rings (SSSR count). The third-order valence-corrected chi connectivity index (χ3v) is 5.14. The highest BCUT2D eigenvalue weighted by Crippen LogP contribution is 2.28. The molecule has 0 atom stereocenters. The summed E-state index contributed by atoms with van der Waals surface area (Å²) in [6.45, 7) is 0.938. The summed E-state index contributed by atoms with van der Waals surface area (Å²) in [6, 6.07) is 17.1. The van der Waals surface area contributed by atoms with E-state index >= 15 is 0 Å². The molecule has 0 unspecified atom stereocenters. The summed E-state index contributed by atoms with van der Waals surface area (Å²) in [5.74, 6) is -0.522. The lowest BCUT2D eigenvalue weighted by Crippen LogP contribution is -2.33. The molecule has 2 aromatic carbocycles. The van der Waals surface area contributed by atoms with E-state index in [0.29, 0.717) is 30.6 Å². The van der Waals surface area contributed by atoms with Crippen molar-refractivity contribution in [1.29, 1.82) is 0 Å². The van der Waals surface area contributed by atoms with E-state index in [4.69, 9.17) is 0 Å². The first kappa shape index (κ1) is 18.2. The van der Waals surface area contributed by atoms with E-state index in [1.165, 1.54) is 12.1 Å². The lowest BCUT2D eigenvalue weighted by molar-refractivity contribution is 0.0949. The van der Waals surface area contributed by atoms with Gasteiger partial charge in [-0.15, -0.1) is 0 Å². The molecule has 0 aliphatic carbocycles. The van der Waals surface area contributed by atoms with Gasteiger partial charge in [-0.25, -0.2) is 4.39 Å². The van der Waals surface area contributed by atoms with Crippen molar-refractivity contribution in [2.45, 2.75) is 32.4 Å². The smallest absolute Gasteiger partial charge is 0.253 e. The normalized spacial score (nSPS) is 13.0. The highest BCUT2D eigenvalue weighted by atomic mass is 19.1. The minimum Gasteiger partial charge on any atom is -0.348 e. The van der Waals surface area contributed by atoms with Gasteiger partial charge in [0.2, 0.25) is 0 Å². The second-order valence-electron chi connectivity index (χ2n) is 7.00. The fourth-order valence-electron chi connectivity index (χ4n) is 3.74. The number of hydrogen-bond acceptors (Lipinski definition) is 2. The zero-order valence-corrected chi connectivity index (χ0v) is 15.5. The van der Waals surface area contributed by atoms with Gasteiger partial charge in [-0.1, -0.05) is 42.5 Å². The molecule has 28 heavy (non-hydrogen) atoms. The summed E-state index contributed by atoms with van der Waals surface area (Å²) in [7, 11) is 0. The Kier molecular flexibility index (Phi) is 5.06. The second-order valence-corrected chi connectivity index (χ2v) is 7.00. The molecule has 1 amide bonds. The Labute approximate surface area is 162 Å². The van der Waals surface area contributed by atoms with Crippen molar-refractivity contribution in [1.82, 2.24) is 9.88 Å². The van der Waals surface area contributed by atoms with Gasteiger partial charge in [0, 0.05) is 30.4 Å². The molecule has 3 aromatic rings. The molecule has 1 aliphatic heterocycles. The Bertz CT molecular complexity index is 1060. The molecule has 0 saturated heterocycles. The summed E-state index contributed by atoms with van der Waals surface area (Å²) in [5, 5.41) is 2.94. The van der Waals surface area contributed by atoms with Crippen molar-refractivity contribution in [2.75, 3.05) is 0 Å². The fourth-order valence-corrected chi connectivity index (χ4v) is 3.74. The van der Waals surface area contributed by atoms with Crippen LogP contribution in [0.3, 0.4) is 0 Å². The molecule has 1 aromatic heterocycles. The number of benzene rings is 2. The summed E-state index contributed by atoms with van der Waals surface area (Å²) < 4.78 is 14.8. The molecule has 0 spiro atoms. The lowest BCUT2D eigenvalue weighted by atomic mass is 9.94. The predicted octanol–water partition coefficient (Wildman–Crippen LogP) is 3.92. The van der Waals surface area contributed by atoms with Crippen LogP contribution in [-0.4, -0.2) is 10.5 Å². The first-order valence-electron chi connectivity index (χ1n) is 9.48. The number of aromatic nitrogens is 1. The maximum Gasteiger partial charge on any atom is 0.253 e. The van der Waals surface area contributed by atoms with Crippen LogP contribution in [0.2, 0.25) is 0 Å². The van der Waals surface area contributed by atoms with Crippen LogP contribution in [0, 0.1) is 5.82 Å². The van der Waals surface area contributed by atoms with Crippen molar-refractivity contribution < 1.29 is 9.18 Å². The van der Waals surface area contributed by atoms with Gasteiger partial charge >= 0.3 is 0 Å². The van der Waals surface area contributed by atoms with Gasteiger partial charge in [-0.3, -0.25) is 9.59 Å². The standard InChI is InChI=1S/C23H21FN2O2/c24-18-11-9-16(10-12-18)15-25-23(28)22-19(17-6-2-1-3-7-17)14-21(27)26-13-5-4-8-20(22)26/h1-3,6-7,9-12,14H,4-5,8,13,15H2,(H,25,28). The number of carbonyl (C=O) groups excluding carboxylic acids is 1. The van der Waals surface area contributed by atoms with Crippen molar-refractivity contribution in [3.63, 3.8) is 0 Å². The molecule has 0 radical (unpaired) electrons. The minimum atomic E-state index is -0.307. The number of hydrogen-bond donors (Lipinski definition) is 1. The van der Waals surface area contributed by atoms with E-state index in [0.717, 1.165) is 29.7 Å². The van der Waals surface area contributed by atoms with Crippen molar-refractivity contribution in [3.05, 3.63) is 93.7 Å². The van der Waals surface area contributed by atoms with Crippen LogP contribution >= 0.6 is 0 Å². The van der Waals surface area contributed by atoms with E-state index in [2.05, 4.69) is 5.32 Å². The summed E-state index contributed by atoms with van der Waals surface area (Å²) in [5.41, 5.74) is 3.62. The Morgan fingerprint density at radius 2 is 1.79 bits per heavy atom. The zero-order valence-electron chi connectivity index (χ0n) is 15.5. The van der Waals surface area contributed by atoms with Gasteiger partial charge in [0.25, 0.3) is 11.5 Å². The summed E-state index contributed by atoms with van der Waals surface area (Å²) in [6.07, 6.45) is 2.60. The van der Waals surface area contributed by atoms with Gasteiger partial charge in [-0.05, 0) is 42.5 Å². The van der Waals surface area contributed by atoms with E-state index in [1.54, 1.807) is 22.8 Å². The third-order valence-electron chi connectivity index (χ3n) is 5.14. The molecular formula is C23H21FN2O2. The van der Waals surface area contributed by atoms with Gasteiger partial charge in [0.1, 0.15) is 5.82 Å². The Morgan fingerprint density at radius 3 is 2.54 bits per heavy atom. The Hall–Kier alpha value is -3.21. The maximum absolute atomic E-state index is 13.2. The van der Waals surface area contributed by atoms with Gasteiger partial charge in [0.05, 0.1) is 5.56 Å². The van der Waals surface area contributed by atoms with Crippen molar-refractivity contribution >= 4 is 5.91 Å². The van der Waals surface area contributed by atoms with Crippen molar-refractivity contribution in [3.8, 4) is 11.1 Å². The van der Waals surface area contributed by atoms with Crippen molar-refractivity contribution in [2.24, 2.45) is 0 Å². The van der Waals surface area contributed by atoms with Crippen LogP contribution < -0.4 is 10.9 Å². The topological polar surface area (TPSA) is 51.1 Å². The minimum absolute atomic E-state index is 0.0661. The molecule has 0 bridgehead atoms. The van der Waals surface area contributed by atoms with Gasteiger partial charge in [0.15, 0.2) is 0 Å². The maximum atomic E-state index is 13.2. The molecule has 0 saturated carbocycles. The van der Waals surface area contributed by atoms with E-state index in [1.807, 2.05) is 30.3 Å². The number of fused-ring (bicyclic) bond motifs is 1. The SMILES string of the molecule is O=C(NCc1ccc(F)cc1)c1c(-c2ccccc2)cc(=O)n2c1CCCC2. The number of rotatable bonds is 4. The highest BCUT2D eigenvalue weighted by Gasteiger charge is 2.23. The second kappa shape index (κ2) is 7.80. The van der Waals surface area contributed by atoms with E-state index < -0.39 is 0 Å². The number of nitrogens with zero attached hydrogens (tertiary/aromatic N) is 1. The summed E-state index contributed by atoms with van der Waals surface area (Å²) >= 11 is 0. The lowest BCUT2D eigenvalue weighted by Gasteiger charge is -2.23. The van der Waals surface area contributed by atoms with Crippen LogP contribution in [0.1, 0.15) is 34.5 Å². The fraction of sp³-hybridized carbons (Fsp3) is 0.217. The van der Waals surface area contributed by atoms with Crippen LogP contribution in [0.5, 0.6) is 0 Å². The first-order chi connectivity index (χ1) is 13.6. The number of halogens is 1. The highest BCUT2D eigenvalue weighted by molar-refractivity contribution is 6.02. The monoisotopic (exact) mass is 376 g/mol. The molecule has 0 fully saturated rings. The van der Waals surface area contributed by atoms with Gasteiger partial charge in [-0.2, -0.15) is 0 Å². The molecule has 1 N–H and O–H groups in total. The Balaban J connectivity index is 1.74. The van der Waals surface area contributed by atoms with E-state index in [-0.39, 0.29) is 17.3 Å².